The predicted molar refractivity (Wildman–Crippen MR) is 97.4 cm³/mol. The highest BCUT2D eigenvalue weighted by Crippen LogP contribution is 2.41. The summed E-state index contributed by atoms with van der Waals surface area (Å²) in [6, 6.07) is 4.00. The first-order chi connectivity index (χ1) is 12.6. The van der Waals surface area contributed by atoms with Gasteiger partial charge in [0.05, 0.1) is 26.2 Å². The molecule has 0 aliphatic carbocycles. The van der Waals surface area contributed by atoms with Crippen molar-refractivity contribution in [3.63, 3.8) is 0 Å². The quantitative estimate of drug-likeness (QED) is 0.640. The zero-order valence-corrected chi connectivity index (χ0v) is 15.4. The van der Waals surface area contributed by atoms with Gasteiger partial charge in [-0.15, -0.1) is 0 Å². The van der Waals surface area contributed by atoms with Crippen LogP contribution in [-0.4, -0.2) is 55.0 Å². The Kier molecular flexibility index (Phi) is 6.16. The lowest BCUT2D eigenvalue weighted by Gasteiger charge is -2.22. The molecule has 1 aromatic rings. The van der Waals surface area contributed by atoms with Crippen molar-refractivity contribution in [2.24, 2.45) is 0 Å². The monoisotopic (exact) mass is 361 g/mol. The van der Waals surface area contributed by atoms with Gasteiger partial charge in [0.2, 0.25) is 0 Å². The molecule has 0 spiro atoms. The number of hydrogen-bond donors (Lipinski definition) is 1. The first kappa shape index (κ1) is 18.7. The van der Waals surface area contributed by atoms with Crippen molar-refractivity contribution in [3.8, 4) is 11.5 Å². The van der Waals surface area contributed by atoms with Gasteiger partial charge in [0, 0.05) is 38.0 Å². The highest BCUT2D eigenvalue weighted by atomic mass is 16.5. The molecule has 0 aromatic heterocycles. The predicted octanol–water partition coefficient (Wildman–Crippen LogP) is 2.07. The van der Waals surface area contributed by atoms with Gasteiger partial charge in [-0.1, -0.05) is 18.2 Å². The van der Waals surface area contributed by atoms with Gasteiger partial charge >= 0.3 is 5.97 Å². The van der Waals surface area contributed by atoms with Crippen molar-refractivity contribution in [1.82, 2.24) is 4.90 Å². The number of methoxy groups -OCH3 is 1. The molecule has 2 heterocycles. The van der Waals surface area contributed by atoms with E-state index in [0.717, 1.165) is 23.5 Å². The average Bonchev–Trinajstić information content (AvgIpc) is 3.02. The zero-order chi connectivity index (χ0) is 18.5. The standard InChI is InChI=1S/C20H27NO5/c1-3-25-19(23)8-10-21-9-4-5-15(22)11-16-12-17-14(13-21)6-7-18(24-2)20(17)26-16/h4-7,15-16,22H,3,8-13H2,1-2H3/b5-4+/t15-,16?/m0/s1. The number of aliphatic hydroxyl groups excluding tert-OH is 1. The van der Waals surface area contributed by atoms with Gasteiger partial charge in [-0.25, -0.2) is 0 Å². The van der Waals surface area contributed by atoms with Crippen LogP contribution in [0.15, 0.2) is 24.3 Å². The molecule has 1 unspecified atom stereocenters. The van der Waals surface area contributed by atoms with Crippen molar-refractivity contribution in [1.29, 1.82) is 0 Å². The van der Waals surface area contributed by atoms with E-state index < -0.39 is 6.10 Å². The molecule has 2 aliphatic rings. The number of carbonyl (C=O) groups excluding carboxylic acids is 1. The molecule has 2 aliphatic heterocycles. The SMILES string of the molecule is CCOC(=O)CCN1C/C=C/[C@H](O)CC2Cc3c(ccc(OC)c3O2)C1. The van der Waals surface area contributed by atoms with Crippen molar-refractivity contribution >= 4 is 5.97 Å². The lowest BCUT2D eigenvalue weighted by Crippen LogP contribution is -2.27. The largest absolute Gasteiger partial charge is 0.493 e. The Morgan fingerprint density at radius 3 is 3.04 bits per heavy atom. The minimum atomic E-state index is -0.547. The number of nitrogens with zero attached hydrogens (tertiary/aromatic N) is 1. The molecule has 2 atom stereocenters. The maximum Gasteiger partial charge on any atom is 0.307 e. The summed E-state index contributed by atoms with van der Waals surface area (Å²) in [5.41, 5.74) is 2.32. The third-order valence-electron chi connectivity index (χ3n) is 4.82. The van der Waals surface area contributed by atoms with Gasteiger partial charge in [-0.3, -0.25) is 9.69 Å². The fourth-order valence-corrected chi connectivity index (χ4v) is 3.55. The smallest absolute Gasteiger partial charge is 0.307 e. The van der Waals surface area contributed by atoms with E-state index in [0.29, 0.717) is 39.1 Å². The molecule has 6 nitrogen and oxygen atoms in total. The van der Waals surface area contributed by atoms with Gasteiger partial charge in [-0.05, 0) is 18.6 Å². The van der Waals surface area contributed by atoms with E-state index in [-0.39, 0.29) is 12.1 Å². The van der Waals surface area contributed by atoms with E-state index in [1.165, 1.54) is 5.56 Å². The molecule has 3 rings (SSSR count). The lowest BCUT2D eigenvalue weighted by atomic mass is 10.00. The topological polar surface area (TPSA) is 68.2 Å². The molecular formula is C20H27NO5. The molecule has 0 saturated carbocycles. The summed E-state index contributed by atoms with van der Waals surface area (Å²) in [4.78, 5) is 13.9. The molecule has 6 heteroatoms. The zero-order valence-electron chi connectivity index (χ0n) is 15.4. The molecule has 0 saturated heterocycles. The third kappa shape index (κ3) is 4.37. The van der Waals surface area contributed by atoms with Crippen molar-refractivity contribution in [3.05, 3.63) is 35.4 Å². The van der Waals surface area contributed by atoms with Crippen LogP contribution in [0.3, 0.4) is 0 Å². The summed E-state index contributed by atoms with van der Waals surface area (Å²) in [5, 5.41) is 10.2. The number of carbonyl (C=O) groups is 1. The number of ether oxygens (including phenoxy) is 3. The van der Waals surface area contributed by atoms with Crippen LogP contribution in [0.25, 0.3) is 0 Å². The number of aliphatic hydroxyl groups is 1. The van der Waals surface area contributed by atoms with Gasteiger partial charge in [-0.2, -0.15) is 0 Å². The number of hydrogen-bond acceptors (Lipinski definition) is 6. The summed E-state index contributed by atoms with van der Waals surface area (Å²) in [5.74, 6) is 1.33. The van der Waals surface area contributed by atoms with Crippen LogP contribution in [0.4, 0.5) is 0 Å². The Bertz CT molecular complexity index is 672. The number of fused-ring (bicyclic) bond motifs is 1. The molecule has 1 aromatic carbocycles. The highest BCUT2D eigenvalue weighted by Gasteiger charge is 2.30. The fraction of sp³-hybridized carbons (Fsp3) is 0.550. The maximum atomic E-state index is 11.7. The van der Waals surface area contributed by atoms with E-state index in [2.05, 4.69) is 11.0 Å². The fourth-order valence-electron chi connectivity index (χ4n) is 3.55. The molecule has 142 valence electrons. The van der Waals surface area contributed by atoms with Crippen LogP contribution in [0, 0.1) is 0 Å². The second-order valence-electron chi connectivity index (χ2n) is 6.70. The number of rotatable bonds is 5. The van der Waals surface area contributed by atoms with Gasteiger partial charge in [0.1, 0.15) is 6.10 Å². The Morgan fingerprint density at radius 1 is 1.42 bits per heavy atom. The van der Waals surface area contributed by atoms with E-state index in [1.807, 2.05) is 25.1 Å². The Morgan fingerprint density at radius 2 is 2.27 bits per heavy atom. The second-order valence-corrected chi connectivity index (χ2v) is 6.70. The van der Waals surface area contributed by atoms with Crippen LogP contribution in [0.2, 0.25) is 0 Å². The van der Waals surface area contributed by atoms with Crippen LogP contribution in [0.5, 0.6) is 11.5 Å². The molecule has 0 fully saturated rings. The molecule has 2 bridgehead atoms. The lowest BCUT2D eigenvalue weighted by molar-refractivity contribution is -0.143. The molecule has 26 heavy (non-hydrogen) atoms. The number of benzene rings is 1. The van der Waals surface area contributed by atoms with Gasteiger partial charge in [0.15, 0.2) is 11.5 Å². The summed E-state index contributed by atoms with van der Waals surface area (Å²) in [6.45, 7) is 4.19. The minimum absolute atomic E-state index is 0.0502. The summed E-state index contributed by atoms with van der Waals surface area (Å²) >= 11 is 0. The van der Waals surface area contributed by atoms with Crippen LogP contribution in [-0.2, 0) is 22.5 Å². The van der Waals surface area contributed by atoms with Crippen molar-refractivity contribution in [2.45, 2.75) is 44.9 Å². The molecular weight excluding hydrogens is 334 g/mol. The second kappa shape index (κ2) is 8.56. The molecule has 0 radical (unpaired) electrons. The van der Waals surface area contributed by atoms with Gasteiger partial charge in [0.25, 0.3) is 0 Å². The number of esters is 1. The Balaban J connectivity index is 1.83. The Labute approximate surface area is 154 Å². The first-order valence-electron chi connectivity index (χ1n) is 9.18. The third-order valence-corrected chi connectivity index (χ3v) is 4.82. The minimum Gasteiger partial charge on any atom is -0.493 e. The van der Waals surface area contributed by atoms with Crippen molar-refractivity contribution in [2.75, 3.05) is 26.8 Å². The molecule has 1 N–H and O–H groups in total. The Hall–Kier alpha value is -2.05. The van der Waals surface area contributed by atoms with E-state index in [1.54, 1.807) is 7.11 Å². The normalized spacial score (nSPS) is 23.7. The molecule has 0 amide bonds. The van der Waals surface area contributed by atoms with Gasteiger partial charge < -0.3 is 19.3 Å². The van der Waals surface area contributed by atoms with Crippen LogP contribution in [0.1, 0.15) is 30.9 Å². The van der Waals surface area contributed by atoms with E-state index in [4.69, 9.17) is 14.2 Å². The maximum absolute atomic E-state index is 11.7. The summed E-state index contributed by atoms with van der Waals surface area (Å²) in [6.07, 6.45) is 4.84. The van der Waals surface area contributed by atoms with Crippen LogP contribution >= 0.6 is 0 Å². The summed E-state index contributed by atoms with van der Waals surface area (Å²) in [7, 11) is 1.64. The summed E-state index contributed by atoms with van der Waals surface area (Å²) < 4.78 is 16.5. The van der Waals surface area contributed by atoms with E-state index in [9.17, 15) is 9.90 Å². The highest BCUT2D eigenvalue weighted by molar-refractivity contribution is 5.69. The van der Waals surface area contributed by atoms with E-state index >= 15 is 0 Å². The average molecular weight is 361 g/mol. The van der Waals surface area contributed by atoms with Crippen molar-refractivity contribution < 1.29 is 24.1 Å². The first-order valence-corrected chi connectivity index (χ1v) is 9.18. The van der Waals surface area contributed by atoms with Crippen LogP contribution < -0.4 is 9.47 Å².